The van der Waals surface area contributed by atoms with E-state index in [1.165, 1.54) is 0 Å². The minimum absolute atomic E-state index is 0.107. The second kappa shape index (κ2) is 9.20. The summed E-state index contributed by atoms with van der Waals surface area (Å²) >= 11 is 0. The standard InChI is InChI=1S/C28H29N3O2/c1-21-18-24(22-8-4-2-5-9-22)12-13-26(21)28(33)31-19-25(20-31)29-14-16-30(17-15-29)27(32)23-10-6-3-7-11-23/h2-13,18,25H,14-17,19-20H2,1H3. The quantitative estimate of drug-likeness (QED) is 0.618. The molecule has 0 radical (unpaired) electrons. The Morgan fingerprint density at radius 1 is 0.697 bits per heavy atom. The van der Waals surface area contributed by atoms with Crippen molar-refractivity contribution in [1.82, 2.24) is 14.7 Å². The molecular weight excluding hydrogens is 410 g/mol. The van der Waals surface area contributed by atoms with E-state index in [4.69, 9.17) is 0 Å². The summed E-state index contributed by atoms with van der Waals surface area (Å²) in [6, 6.07) is 26.2. The maximum absolute atomic E-state index is 13.1. The van der Waals surface area contributed by atoms with Gasteiger partial charge in [0.05, 0.1) is 0 Å². The van der Waals surface area contributed by atoms with Gasteiger partial charge in [0.2, 0.25) is 0 Å². The van der Waals surface area contributed by atoms with E-state index in [-0.39, 0.29) is 11.8 Å². The van der Waals surface area contributed by atoms with Crippen molar-refractivity contribution in [1.29, 1.82) is 0 Å². The molecule has 5 heteroatoms. The highest BCUT2D eigenvalue weighted by Crippen LogP contribution is 2.25. The summed E-state index contributed by atoms with van der Waals surface area (Å²) in [5.74, 6) is 0.219. The van der Waals surface area contributed by atoms with E-state index in [9.17, 15) is 9.59 Å². The Morgan fingerprint density at radius 3 is 1.97 bits per heavy atom. The number of nitrogens with zero attached hydrogens (tertiary/aromatic N) is 3. The molecular formula is C28H29N3O2. The fourth-order valence-electron chi connectivity index (χ4n) is 4.79. The van der Waals surface area contributed by atoms with Gasteiger partial charge in [-0.3, -0.25) is 14.5 Å². The molecule has 0 spiro atoms. The molecule has 3 aromatic rings. The molecule has 0 aliphatic carbocycles. The summed E-state index contributed by atoms with van der Waals surface area (Å²) in [4.78, 5) is 32.0. The van der Waals surface area contributed by atoms with Crippen LogP contribution in [0, 0.1) is 6.92 Å². The van der Waals surface area contributed by atoms with Crippen molar-refractivity contribution in [3.63, 3.8) is 0 Å². The van der Waals surface area contributed by atoms with Crippen LogP contribution in [0.5, 0.6) is 0 Å². The number of likely N-dealkylation sites (tertiary alicyclic amines) is 1. The summed E-state index contributed by atoms with van der Waals surface area (Å²) < 4.78 is 0. The van der Waals surface area contributed by atoms with Crippen LogP contribution in [0.2, 0.25) is 0 Å². The molecule has 2 aliphatic rings. The third-order valence-corrected chi connectivity index (χ3v) is 6.85. The molecule has 3 aromatic carbocycles. The maximum atomic E-state index is 13.1. The van der Waals surface area contributed by atoms with E-state index >= 15 is 0 Å². The third-order valence-electron chi connectivity index (χ3n) is 6.85. The van der Waals surface area contributed by atoms with E-state index in [0.29, 0.717) is 6.04 Å². The van der Waals surface area contributed by atoms with Crippen LogP contribution in [0.4, 0.5) is 0 Å². The average Bonchev–Trinajstić information content (AvgIpc) is 2.84. The van der Waals surface area contributed by atoms with Crippen molar-refractivity contribution in [3.8, 4) is 11.1 Å². The van der Waals surface area contributed by atoms with Crippen LogP contribution < -0.4 is 0 Å². The summed E-state index contributed by atoms with van der Waals surface area (Å²) in [5, 5.41) is 0. The van der Waals surface area contributed by atoms with Crippen molar-refractivity contribution in [3.05, 3.63) is 95.6 Å². The number of aryl methyl sites for hydroxylation is 1. The Labute approximate surface area is 195 Å². The first kappa shape index (κ1) is 21.4. The normalized spacial score (nSPS) is 17.0. The molecule has 0 bridgehead atoms. The molecule has 0 saturated carbocycles. The largest absolute Gasteiger partial charge is 0.336 e. The molecule has 2 amide bonds. The van der Waals surface area contributed by atoms with E-state index in [1.54, 1.807) is 0 Å². The number of piperazine rings is 1. The number of amides is 2. The molecule has 33 heavy (non-hydrogen) atoms. The van der Waals surface area contributed by atoms with Gasteiger partial charge in [-0.2, -0.15) is 0 Å². The van der Waals surface area contributed by atoms with Gasteiger partial charge in [-0.15, -0.1) is 0 Å². The summed E-state index contributed by atoms with van der Waals surface area (Å²) in [6.45, 7) is 6.71. The fourth-order valence-corrected chi connectivity index (χ4v) is 4.79. The van der Waals surface area contributed by atoms with Gasteiger partial charge in [-0.25, -0.2) is 0 Å². The zero-order valence-electron chi connectivity index (χ0n) is 19.0. The molecule has 0 aromatic heterocycles. The summed E-state index contributed by atoms with van der Waals surface area (Å²) in [5.41, 5.74) is 4.84. The van der Waals surface area contributed by atoms with Crippen molar-refractivity contribution in [2.75, 3.05) is 39.3 Å². The molecule has 5 nitrogen and oxygen atoms in total. The summed E-state index contributed by atoms with van der Waals surface area (Å²) in [6.07, 6.45) is 0. The lowest BCUT2D eigenvalue weighted by Gasteiger charge is -2.48. The van der Waals surface area contributed by atoms with Crippen LogP contribution in [0.1, 0.15) is 26.3 Å². The molecule has 2 heterocycles. The lowest BCUT2D eigenvalue weighted by atomic mass is 9.97. The zero-order valence-corrected chi connectivity index (χ0v) is 19.0. The number of hydrogen-bond acceptors (Lipinski definition) is 3. The number of hydrogen-bond donors (Lipinski definition) is 0. The second-order valence-corrected chi connectivity index (χ2v) is 8.95. The minimum atomic E-state index is 0.107. The van der Waals surface area contributed by atoms with Crippen molar-refractivity contribution in [2.45, 2.75) is 13.0 Å². The van der Waals surface area contributed by atoms with Gasteiger partial charge in [-0.05, 0) is 41.8 Å². The predicted molar refractivity (Wildman–Crippen MR) is 130 cm³/mol. The van der Waals surface area contributed by atoms with Crippen molar-refractivity contribution >= 4 is 11.8 Å². The van der Waals surface area contributed by atoms with Crippen molar-refractivity contribution < 1.29 is 9.59 Å². The number of benzene rings is 3. The first-order valence-electron chi connectivity index (χ1n) is 11.6. The van der Waals surface area contributed by atoms with Gasteiger partial charge in [-0.1, -0.05) is 60.7 Å². The number of rotatable bonds is 4. The van der Waals surface area contributed by atoms with E-state index < -0.39 is 0 Å². The van der Waals surface area contributed by atoms with Crippen LogP contribution in [0.25, 0.3) is 11.1 Å². The molecule has 0 unspecified atom stereocenters. The van der Waals surface area contributed by atoms with E-state index in [2.05, 4.69) is 23.1 Å². The van der Waals surface area contributed by atoms with Gasteiger partial charge in [0, 0.05) is 56.4 Å². The van der Waals surface area contributed by atoms with Gasteiger partial charge >= 0.3 is 0 Å². The van der Waals surface area contributed by atoms with Gasteiger partial charge < -0.3 is 9.80 Å². The Bertz CT molecular complexity index is 1130. The van der Waals surface area contributed by atoms with Gasteiger partial charge in [0.1, 0.15) is 0 Å². The molecule has 5 rings (SSSR count). The fraction of sp³-hybridized carbons (Fsp3) is 0.286. The highest BCUT2D eigenvalue weighted by atomic mass is 16.2. The van der Waals surface area contributed by atoms with Crippen molar-refractivity contribution in [2.24, 2.45) is 0 Å². The van der Waals surface area contributed by atoms with Crippen LogP contribution in [0.15, 0.2) is 78.9 Å². The van der Waals surface area contributed by atoms with Crippen LogP contribution in [0.3, 0.4) is 0 Å². The average molecular weight is 440 g/mol. The monoisotopic (exact) mass is 439 g/mol. The van der Waals surface area contributed by atoms with E-state index in [1.807, 2.05) is 77.4 Å². The Hall–Kier alpha value is -3.44. The molecule has 168 valence electrons. The maximum Gasteiger partial charge on any atom is 0.254 e. The highest BCUT2D eigenvalue weighted by Gasteiger charge is 2.37. The molecule has 2 fully saturated rings. The molecule has 0 N–H and O–H groups in total. The third kappa shape index (κ3) is 4.41. The lowest BCUT2D eigenvalue weighted by Crippen LogP contribution is -2.64. The highest BCUT2D eigenvalue weighted by molar-refractivity contribution is 5.97. The smallest absolute Gasteiger partial charge is 0.254 e. The van der Waals surface area contributed by atoms with Crippen LogP contribution in [-0.4, -0.2) is 71.8 Å². The first-order chi connectivity index (χ1) is 16.1. The first-order valence-corrected chi connectivity index (χ1v) is 11.6. The number of carbonyl (C=O) groups is 2. The molecule has 2 saturated heterocycles. The second-order valence-electron chi connectivity index (χ2n) is 8.95. The topological polar surface area (TPSA) is 43.9 Å². The lowest BCUT2D eigenvalue weighted by molar-refractivity contribution is 0.00850. The zero-order chi connectivity index (χ0) is 22.8. The van der Waals surface area contributed by atoms with Crippen LogP contribution >= 0.6 is 0 Å². The van der Waals surface area contributed by atoms with Crippen LogP contribution in [-0.2, 0) is 0 Å². The minimum Gasteiger partial charge on any atom is -0.336 e. The Kier molecular flexibility index (Phi) is 5.97. The SMILES string of the molecule is Cc1cc(-c2ccccc2)ccc1C(=O)N1CC(N2CCN(C(=O)c3ccccc3)CC2)C1. The van der Waals surface area contributed by atoms with E-state index in [0.717, 1.165) is 67.1 Å². The van der Waals surface area contributed by atoms with Gasteiger partial charge in [0.25, 0.3) is 11.8 Å². The Balaban J connectivity index is 1.14. The van der Waals surface area contributed by atoms with Gasteiger partial charge in [0.15, 0.2) is 0 Å². The molecule has 2 aliphatic heterocycles. The molecule has 0 atom stereocenters. The predicted octanol–water partition coefficient (Wildman–Crippen LogP) is 3.94. The summed E-state index contributed by atoms with van der Waals surface area (Å²) in [7, 11) is 0. The Morgan fingerprint density at radius 2 is 1.33 bits per heavy atom. The number of carbonyl (C=O) groups excluding carboxylic acids is 2.